The van der Waals surface area contributed by atoms with Gasteiger partial charge in [0.25, 0.3) is 5.78 Å². The fourth-order valence-electron chi connectivity index (χ4n) is 1.22. The lowest BCUT2D eigenvalue weighted by Gasteiger charge is -2.06. The molecule has 5 nitrogen and oxygen atoms in total. The zero-order valence-corrected chi connectivity index (χ0v) is 7.40. The van der Waals surface area contributed by atoms with E-state index in [-0.39, 0.29) is 12.5 Å². The molecule has 1 aliphatic rings. The SMILES string of the molecule is COC(=O)C(=O)C1C(=O)OCC1C. The van der Waals surface area contributed by atoms with Crippen molar-refractivity contribution in [2.45, 2.75) is 6.92 Å². The Bertz CT molecular complexity index is 257. The molecule has 0 bridgehead atoms. The fraction of sp³-hybridized carbons (Fsp3) is 0.625. The van der Waals surface area contributed by atoms with E-state index in [4.69, 9.17) is 0 Å². The number of esters is 2. The molecule has 2 atom stereocenters. The summed E-state index contributed by atoms with van der Waals surface area (Å²) in [5, 5.41) is 0. The van der Waals surface area contributed by atoms with Crippen molar-refractivity contribution in [2.24, 2.45) is 11.8 Å². The van der Waals surface area contributed by atoms with E-state index in [1.807, 2.05) is 0 Å². The number of cyclic esters (lactones) is 1. The Kier molecular flexibility index (Phi) is 2.65. The van der Waals surface area contributed by atoms with Gasteiger partial charge in [0.05, 0.1) is 13.7 Å². The average molecular weight is 186 g/mol. The highest BCUT2D eigenvalue weighted by molar-refractivity contribution is 6.38. The van der Waals surface area contributed by atoms with Gasteiger partial charge in [-0.25, -0.2) is 4.79 Å². The van der Waals surface area contributed by atoms with Crippen LogP contribution >= 0.6 is 0 Å². The van der Waals surface area contributed by atoms with E-state index < -0.39 is 23.6 Å². The van der Waals surface area contributed by atoms with Gasteiger partial charge in [0.15, 0.2) is 0 Å². The predicted molar refractivity (Wildman–Crippen MR) is 40.6 cm³/mol. The van der Waals surface area contributed by atoms with Crippen LogP contribution in [0.4, 0.5) is 0 Å². The van der Waals surface area contributed by atoms with Crippen molar-refractivity contribution in [2.75, 3.05) is 13.7 Å². The molecule has 0 aromatic rings. The number of rotatable bonds is 2. The number of carbonyl (C=O) groups is 3. The van der Waals surface area contributed by atoms with Gasteiger partial charge in [-0.1, -0.05) is 6.92 Å². The number of carbonyl (C=O) groups excluding carboxylic acids is 3. The van der Waals surface area contributed by atoms with E-state index in [9.17, 15) is 14.4 Å². The number of ether oxygens (including phenoxy) is 2. The molecule has 1 saturated heterocycles. The lowest BCUT2D eigenvalue weighted by Crippen LogP contribution is -2.31. The summed E-state index contributed by atoms with van der Waals surface area (Å²) >= 11 is 0. The quantitative estimate of drug-likeness (QED) is 0.331. The average Bonchev–Trinajstić information content (AvgIpc) is 2.44. The van der Waals surface area contributed by atoms with E-state index in [1.54, 1.807) is 6.92 Å². The second kappa shape index (κ2) is 3.55. The topological polar surface area (TPSA) is 69.7 Å². The minimum atomic E-state index is -0.990. The standard InChI is InChI=1S/C8H10O5/c1-4-3-13-7(10)5(4)6(9)8(11)12-2/h4-5H,3H2,1-2H3. The molecule has 0 aliphatic carbocycles. The zero-order valence-electron chi connectivity index (χ0n) is 7.40. The molecule has 0 saturated carbocycles. The molecule has 0 radical (unpaired) electrons. The van der Waals surface area contributed by atoms with Crippen molar-refractivity contribution in [3.8, 4) is 0 Å². The summed E-state index contributed by atoms with van der Waals surface area (Å²) in [5.74, 6) is -3.68. The third kappa shape index (κ3) is 1.68. The second-order valence-electron chi connectivity index (χ2n) is 2.94. The molecule has 1 rings (SSSR count). The van der Waals surface area contributed by atoms with Gasteiger partial charge in [-0.3, -0.25) is 9.59 Å². The van der Waals surface area contributed by atoms with Crippen LogP contribution in [-0.4, -0.2) is 31.4 Å². The van der Waals surface area contributed by atoms with E-state index in [2.05, 4.69) is 9.47 Å². The first-order valence-corrected chi connectivity index (χ1v) is 3.86. The third-order valence-electron chi connectivity index (χ3n) is 1.98. The van der Waals surface area contributed by atoms with Crippen LogP contribution in [-0.2, 0) is 23.9 Å². The van der Waals surface area contributed by atoms with Crippen molar-refractivity contribution in [1.29, 1.82) is 0 Å². The number of hydrogen-bond acceptors (Lipinski definition) is 5. The molecule has 0 N–H and O–H groups in total. The van der Waals surface area contributed by atoms with Gasteiger partial charge in [0, 0.05) is 5.92 Å². The molecular formula is C8H10O5. The molecule has 13 heavy (non-hydrogen) atoms. The molecular weight excluding hydrogens is 176 g/mol. The summed E-state index contributed by atoms with van der Waals surface area (Å²) in [5.41, 5.74) is 0. The Morgan fingerprint density at radius 1 is 1.54 bits per heavy atom. The van der Waals surface area contributed by atoms with Crippen LogP contribution < -0.4 is 0 Å². The van der Waals surface area contributed by atoms with Gasteiger partial charge in [-0.05, 0) is 0 Å². The zero-order chi connectivity index (χ0) is 10.0. The molecule has 72 valence electrons. The Balaban J connectivity index is 2.75. The van der Waals surface area contributed by atoms with Crippen molar-refractivity contribution in [3.05, 3.63) is 0 Å². The number of methoxy groups -OCH3 is 1. The van der Waals surface area contributed by atoms with E-state index in [0.29, 0.717) is 0 Å². The summed E-state index contributed by atoms with van der Waals surface area (Å²) in [4.78, 5) is 33.0. The fourth-order valence-corrected chi connectivity index (χ4v) is 1.22. The summed E-state index contributed by atoms with van der Waals surface area (Å²) < 4.78 is 8.85. The van der Waals surface area contributed by atoms with Crippen LogP contribution in [0.3, 0.4) is 0 Å². The third-order valence-corrected chi connectivity index (χ3v) is 1.98. The Hall–Kier alpha value is -1.39. The van der Waals surface area contributed by atoms with Gasteiger partial charge >= 0.3 is 11.9 Å². The number of hydrogen-bond donors (Lipinski definition) is 0. The maximum Gasteiger partial charge on any atom is 0.375 e. The molecule has 1 heterocycles. The molecule has 0 aromatic heterocycles. The summed E-state index contributed by atoms with van der Waals surface area (Å²) in [6.07, 6.45) is 0. The molecule has 2 unspecified atom stereocenters. The van der Waals surface area contributed by atoms with Crippen molar-refractivity contribution in [1.82, 2.24) is 0 Å². The predicted octanol–water partition coefficient (Wildman–Crippen LogP) is -0.462. The smallest absolute Gasteiger partial charge is 0.375 e. The van der Waals surface area contributed by atoms with Crippen LogP contribution in [0.25, 0.3) is 0 Å². The summed E-state index contributed by atoms with van der Waals surface area (Å²) in [7, 11) is 1.10. The van der Waals surface area contributed by atoms with Crippen LogP contribution in [0.1, 0.15) is 6.92 Å². The summed E-state index contributed by atoms with van der Waals surface area (Å²) in [6, 6.07) is 0. The highest BCUT2D eigenvalue weighted by atomic mass is 16.5. The minimum absolute atomic E-state index is 0.187. The first-order valence-electron chi connectivity index (χ1n) is 3.86. The van der Waals surface area contributed by atoms with Crippen LogP contribution in [0, 0.1) is 11.8 Å². The van der Waals surface area contributed by atoms with Gasteiger partial charge in [-0.2, -0.15) is 0 Å². The highest BCUT2D eigenvalue weighted by Gasteiger charge is 2.42. The molecule has 5 heteroatoms. The molecule has 1 aliphatic heterocycles. The Labute approximate surface area is 75.0 Å². The normalized spacial score (nSPS) is 26.8. The van der Waals surface area contributed by atoms with E-state index in [1.165, 1.54) is 0 Å². The van der Waals surface area contributed by atoms with Gasteiger partial charge in [-0.15, -0.1) is 0 Å². The number of ketones is 1. The number of Topliss-reactive ketones (excluding diaryl/α,β-unsaturated/α-hetero) is 1. The van der Waals surface area contributed by atoms with E-state index in [0.717, 1.165) is 7.11 Å². The second-order valence-corrected chi connectivity index (χ2v) is 2.94. The van der Waals surface area contributed by atoms with Crippen molar-refractivity contribution in [3.63, 3.8) is 0 Å². The van der Waals surface area contributed by atoms with Gasteiger partial charge < -0.3 is 9.47 Å². The Morgan fingerprint density at radius 2 is 2.15 bits per heavy atom. The summed E-state index contributed by atoms with van der Waals surface area (Å²) in [6.45, 7) is 1.86. The minimum Gasteiger partial charge on any atom is -0.465 e. The lowest BCUT2D eigenvalue weighted by molar-refractivity contribution is -0.157. The van der Waals surface area contributed by atoms with Crippen LogP contribution in [0.15, 0.2) is 0 Å². The monoisotopic (exact) mass is 186 g/mol. The first-order chi connectivity index (χ1) is 6.07. The molecule has 1 fully saturated rings. The van der Waals surface area contributed by atoms with Crippen LogP contribution in [0.5, 0.6) is 0 Å². The maximum atomic E-state index is 11.2. The van der Waals surface area contributed by atoms with Gasteiger partial charge in [0.1, 0.15) is 5.92 Å². The van der Waals surface area contributed by atoms with Crippen LogP contribution in [0.2, 0.25) is 0 Å². The lowest BCUT2D eigenvalue weighted by atomic mass is 9.93. The van der Waals surface area contributed by atoms with Crippen molar-refractivity contribution >= 4 is 17.7 Å². The highest BCUT2D eigenvalue weighted by Crippen LogP contribution is 2.22. The molecule has 0 aromatic carbocycles. The maximum absolute atomic E-state index is 11.2. The largest absolute Gasteiger partial charge is 0.465 e. The van der Waals surface area contributed by atoms with E-state index >= 15 is 0 Å². The first kappa shape index (κ1) is 9.70. The van der Waals surface area contributed by atoms with Crippen molar-refractivity contribution < 1.29 is 23.9 Å². The molecule has 0 amide bonds. The molecule has 0 spiro atoms. The Morgan fingerprint density at radius 3 is 2.54 bits per heavy atom. The van der Waals surface area contributed by atoms with Gasteiger partial charge in [0.2, 0.25) is 0 Å².